The number of thioether (sulfide) groups is 1. The Bertz CT molecular complexity index is 1430. The number of amides is 1. The van der Waals surface area contributed by atoms with Crippen molar-refractivity contribution < 1.29 is 18.0 Å². The molecule has 0 spiro atoms. The van der Waals surface area contributed by atoms with Gasteiger partial charge in [0.25, 0.3) is 0 Å². The van der Waals surface area contributed by atoms with Crippen molar-refractivity contribution in [2.45, 2.75) is 30.6 Å². The maximum absolute atomic E-state index is 12.5. The highest BCUT2D eigenvalue weighted by molar-refractivity contribution is 7.98. The molecule has 4 heterocycles. The van der Waals surface area contributed by atoms with Crippen LogP contribution in [-0.4, -0.2) is 79.2 Å². The van der Waals surface area contributed by atoms with E-state index in [1.165, 1.54) is 4.90 Å². The monoisotopic (exact) mass is 541 g/mol. The van der Waals surface area contributed by atoms with E-state index in [1.54, 1.807) is 24.3 Å². The summed E-state index contributed by atoms with van der Waals surface area (Å²) < 4.78 is 37.6. The van der Waals surface area contributed by atoms with Crippen LogP contribution in [0.1, 0.15) is 23.5 Å². The van der Waals surface area contributed by atoms with Gasteiger partial charge in [-0.1, -0.05) is 6.07 Å². The molecule has 1 aliphatic rings. The summed E-state index contributed by atoms with van der Waals surface area (Å²) in [6, 6.07) is 11.9. The van der Waals surface area contributed by atoms with Gasteiger partial charge in [0, 0.05) is 56.6 Å². The molecule has 198 valence electrons. The highest BCUT2D eigenvalue weighted by atomic mass is 32.2. The number of nitrogens with zero attached hydrogens (tertiary/aromatic N) is 6. The molecule has 0 bridgehead atoms. The third-order valence-electron chi connectivity index (χ3n) is 6.39. The van der Waals surface area contributed by atoms with Crippen LogP contribution in [-0.2, 0) is 17.8 Å². The molecular formula is C26H26F3N7OS. The first kappa shape index (κ1) is 26.1. The number of imidazole rings is 1. The van der Waals surface area contributed by atoms with E-state index in [9.17, 15) is 18.0 Å². The molecule has 1 aromatic carbocycles. The van der Waals surface area contributed by atoms with Crippen molar-refractivity contribution in [2.75, 3.05) is 32.4 Å². The molecule has 1 amide bonds. The number of halogens is 3. The van der Waals surface area contributed by atoms with Crippen molar-refractivity contribution in [1.82, 2.24) is 34.7 Å². The third-order valence-corrected chi connectivity index (χ3v) is 7.03. The minimum Gasteiger partial charge on any atom is -0.342 e. The van der Waals surface area contributed by atoms with E-state index in [2.05, 4.69) is 24.8 Å². The highest BCUT2D eigenvalue weighted by Gasteiger charge is 2.34. The van der Waals surface area contributed by atoms with E-state index in [0.717, 1.165) is 44.4 Å². The molecule has 3 aromatic heterocycles. The Balaban J connectivity index is 1.21. The first-order chi connectivity index (χ1) is 18.3. The second-order valence-electron chi connectivity index (χ2n) is 9.14. The Hall–Kier alpha value is -3.51. The first-order valence-corrected chi connectivity index (χ1v) is 13.3. The summed E-state index contributed by atoms with van der Waals surface area (Å²) in [6.07, 6.45) is -0.0448. The van der Waals surface area contributed by atoms with Crippen molar-refractivity contribution in [3.8, 4) is 11.3 Å². The van der Waals surface area contributed by atoms with E-state index in [1.807, 2.05) is 42.7 Å². The average molecular weight is 542 g/mol. The first-order valence-electron chi connectivity index (χ1n) is 12.1. The minimum atomic E-state index is -4.47. The van der Waals surface area contributed by atoms with Gasteiger partial charge in [-0.3, -0.25) is 14.7 Å². The number of carbonyl (C=O) groups is 1. The number of aromatic amines is 1. The summed E-state index contributed by atoms with van der Waals surface area (Å²) in [5.41, 5.74) is 5.51. The molecule has 0 saturated carbocycles. The lowest BCUT2D eigenvalue weighted by molar-refractivity contribution is -0.162. The van der Waals surface area contributed by atoms with E-state index in [0.29, 0.717) is 39.1 Å². The van der Waals surface area contributed by atoms with Crippen molar-refractivity contribution >= 4 is 28.7 Å². The number of pyridine rings is 1. The Labute approximate surface area is 221 Å². The summed E-state index contributed by atoms with van der Waals surface area (Å²) in [7, 11) is 0. The summed E-state index contributed by atoms with van der Waals surface area (Å²) in [6.45, 7) is 2.27. The van der Waals surface area contributed by atoms with Crippen molar-refractivity contribution in [2.24, 2.45) is 0 Å². The van der Waals surface area contributed by atoms with Gasteiger partial charge in [0.05, 0.1) is 21.8 Å². The lowest BCUT2D eigenvalue weighted by Crippen LogP contribution is -2.49. The average Bonchev–Trinajstić information content (AvgIpc) is 3.30. The molecule has 12 heteroatoms. The number of hydrogen-bond acceptors (Lipinski definition) is 7. The predicted molar refractivity (Wildman–Crippen MR) is 138 cm³/mol. The van der Waals surface area contributed by atoms with Crippen LogP contribution < -0.4 is 0 Å². The van der Waals surface area contributed by atoms with Crippen molar-refractivity contribution in [3.05, 3.63) is 66.0 Å². The largest absolute Gasteiger partial charge is 0.397 e. The summed E-state index contributed by atoms with van der Waals surface area (Å²) in [5, 5.41) is 0.906. The molecule has 1 N–H and O–H groups in total. The van der Waals surface area contributed by atoms with Gasteiger partial charge >= 0.3 is 6.18 Å². The molecule has 1 saturated heterocycles. The standard InChI is InChI=1S/C26H26F3N7OS/c1-38-24-13-21(31-16-32-24)18-2-3-20-22(11-18)34-23(33-20)12-19-10-17(4-5-30-19)15-35-6-8-36(9-7-35)25(37)14-26(27,28)29/h2-5,10-11,13,16H,6-9,12,14-15H2,1H3,(H,33,34). The number of carbonyl (C=O) groups excluding carboxylic acids is 1. The van der Waals surface area contributed by atoms with Gasteiger partial charge in [-0.05, 0) is 42.2 Å². The predicted octanol–water partition coefficient (Wildman–Crippen LogP) is 4.32. The lowest BCUT2D eigenvalue weighted by Gasteiger charge is -2.35. The van der Waals surface area contributed by atoms with E-state index >= 15 is 0 Å². The van der Waals surface area contributed by atoms with Crippen LogP contribution in [0.3, 0.4) is 0 Å². The van der Waals surface area contributed by atoms with Gasteiger partial charge in [-0.15, -0.1) is 11.8 Å². The summed E-state index contributed by atoms with van der Waals surface area (Å²) in [4.78, 5) is 36.5. The Morgan fingerprint density at radius 2 is 1.87 bits per heavy atom. The van der Waals surface area contributed by atoms with Crippen LogP contribution in [0.4, 0.5) is 13.2 Å². The van der Waals surface area contributed by atoms with Crippen LogP contribution in [0.2, 0.25) is 0 Å². The summed E-state index contributed by atoms with van der Waals surface area (Å²) in [5.74, 6) is -0.0610. The second-order valence-corrected chi connectivity index (χ2v) is 9.97. The molecule has 0 aliphatic carbocycles. The van der Waals surface area contributed by atoms with Gasteiger partial charge in [-0.25, -0.2) is 15.0 Å². The number of hydrogen-bond donors (Lipinski definition) is 1. The van der Waals surface area contributed by atoms with Crippen molar-refractivity contribution in [3.63, 3.8) is 0 Å². The Morgan fingerprint density at radius 3 is 2.63 bits per heavy atom. The maximum atomic E-state index is 12.5. The molecule has 0 atom stereocenters. The molecule has 38 heavy (non-hydrogen) atoms. The van der Waals surface area contributed by atoms with Gasteiger partial charge in [0.15, 0.2) is 0 Å². The SMILES string of the molecule is CSc1cc(-c2ccc3nc(Cc4cc(CN5CCN(C(=O)CC(F)(F)F)CC5)ccn4)[nH]c3c2)ncn1. The number of rotatable bonds is 7. The fourth-order valence-electron chi connectivity index (χ4n) is 4.51. The highest BCUT2D eigenvalue weighted by Crippen LogP contribution is 2.25. The second kappa shape index (κ2) is 11.1. The molecule has 5 rings (SSSR count). The number of aromatic nitrogens is 5. The minimum absolute atomic E-state index is 0.293. The van der Waals surface area contributed by atoms with E-state index in [4.69, 9.17) is 4.98 Å². The summed E-state index contributed by atoms with van der Waals surface area (Å²) >= 11 is 1.57. The Morgan fingerprint density at radius 1 is 1.05 bits per heavy atom. The smallest absolute Gasteiger partial charge is 0.342 e. The zero-order chi connectivity index (χ0) is 26.7. The van der Waals surface area contributed by atoms with Crippen molar-refractivity contribution in [1.29, 1.82) is 0 Å². The number of alkyl halides is 3. The van der Waals surface area contributed by atoms with Gasteiger partial charge in [0.2, 0.25) is 5.91 Å². The fourth-order valence-corrected chi connectivity index (χ4v) is 4.89. The lowest BCUT2D eigenvalue weighted by atomic mass is 10.1. The quantitative estimate of drug-likeness (QED) is 0.275. The number of nitrogens with one attached hydrogen (secondary N) is 1. The zero-order valence-electron chi connectivity index (χ0n) is 20.7. The molecule has 4 aromatic rings. The molecule has 1 aliphatic heterocycles. The normalized spacial score (nSPS) is 14.8. The zero-order valence-corrected chi connectivity index (χ0v) is 21.5. The number of fused-ring (bicyclic) bond motifs is 1. The third kappa shape index (κ3) is 6.48. The van der Waals surface area contributed by atoms with E-state index in [-0.39, 0.29) is 0 Å². The van der Waals surface area contributed by atoms with Gasteiger partial charge < -0.3 is 9.88 Å². The molecular weight excluding hydrogens is 515 g/mol. The Kier molecular flexibility index (Phi) is 7.61. The van der Waals surface area contributed by atoms with Gasteiger partial charge in [-0.2, -0.15) is 13.2 Å². The van der Waals surface area contributed by atoms with Gasteiger partial charge in [0.1, 0.15) is 18.6 Å². The van der Waals surface area contributed by atoms with Crippen LogP contribution >= 0.6 is 11.8 Å². The van der Waals surface area contributed by atoms with Crippen LogP contribution in [0.15, 0.2) is 53.9 Å². The van der Waals surface area contributed by atoms with Crippen LogP contribution in [0.5, 0.6) is 0 Å². The fraction of sp³-hybridized carbons (Fsp3) is 0.346. The number of piperazine rings is 1. The molecule has 0 radical (unpaired) electrons. The number of H-pyrrole nitrogens is 1. The van der Waals surface area contributed by atoms with Crippen LogP contribution in [0.25, 0.3) is 22.3 Å². The topological polar surface area (TPSA) is 90.9 Å². The molecule has 0 unspecified atom stereocenters. The van der Waals surface area contributed by atoms with E-state index < -0.39 is 18.5 Å². The number of benzene rings is 1. The molecule has 8 nitrogen and oxygen atoms in total. The maximum Gasteiger partial charge on any atom is 0.397 e. The van der Waals surface area contributed by atoms with Crippen LogP contribution in [0, 0.1) is 0 Å². The molecule has 1 fully saturated rings.